The van der Waals surface area contributed by atoms with Gasteiger partial charge in [-0.05, 0) is 20.8 Å². The molecule has 1 aliphatic heterocycles. The summed E-state index contributed by atoms with van der Waals surface area (Å²) in [4.78, 5) is 36.4. The van der Waals surface area contributed by atoms with Crippen LogP contribution in [0, 0.1) is 11.8 Å². The maximum absolute atomic E-state index is 13.1. The number of aromatic nitrogens is 4. The first-order valence-electron chi connectivity index (χ1n) is 9.73. The normalized spacial score (nSPS) is 15.0. The topological polar surface area (TPSA) is 106 Å². The second-order valence-electron chi connectivity index (χ2n) is 6.75. The van der Waals surface area contributed by atoms with E-state index in [9.17, 15) is 9.59 Å². The van der Waals surface area contributed by atoms with Gasteiger partial charge < -0.3 is 20.3 Å². The van der Waals surface area contributed by atoms with Crippen LogP contribution in [0.25, 0.3) is 11.2 Å². The Morgan fingerprint density at radius 3 is 2.72 bits per heavy atom. The quantitative estimate of drug-likeness (QED) is 0.512. The molecule has 10 nitrogen and oxygen atoms in total. The van der Waals surface area contributed by atoms with Crippen molar-refractivity contribution in [3.05, 3.63) is 10.4 Å². The molecule has 0 saturated carbocycles. The highest BCUT2D eigenvalue weighted by atomic mass is 16.5. The highest BCUT2D eigenvalue weighted by Crippen LogP contribution is 2.21. The fourth-order valence-electron chi connectivity index (χ4n) is 3.21. The highest BCUT2D eigenvalue weighted by Gasteiger charge is 2.24. The van der Waals surface area contributed by atoms with E-state index in [1.54, 1.807) is 27.8 Å². The Balaban J connectivity index is 2.07. The van der Waals surface area contributed by atoms with Gasteiger partial charge in [-0.2, -0.15) is 9.97 Å². The minimum absolute atomic E-state index is 0.250. The summed E-state index contributed by atoms with van der Waals surface area (Å²) in [6.07, 6.45) is 0. The van der Waals surface area contributed by atoms with Gasteiger partial charge >= 0.3 is 5.97 Å². The predicted octanol–water partition coefficient (Wildman–Crippen LogP) is -0.0736. The van der Waals surface area contributed by atoms with E-state index in [1.807, 2.05) is 4.57 Å². The summed E-state index contributed by atoms with van der Waals surface area (Å²) in [5, 5.41) is 6.27. The van der Waals surface area contributed by atoms with Gasteiger partial charge in [0.15, 0.2) is 11.2 Å². The third kappa shape index (κ3) is 4.19. The molecule has 29 heavy (non-hydrogen) atoms. The van der Waals surface area contributed by atoms with Gasteiger partial charge in [0.1, 0.15) is 6.04 Å². The molecular weight excluding hydrogens is 374 g/mol. The first-order valence-corrected chi connectivity index (χ1v) is 9.73. The van der Waals surface area contributed by atoms with Gasteiger partial charge in [0.05, 0.1) is 13.2 Å². The third-order valence-electron chi connectivity index (χ3n) is 4.77. The van der Waals surface area contributed by atoms with Gasteiger partial charge in [-0.15, -0.1) is 5.92 Å². The van der Waals surface area contributed by atoms with Crippen LogP contribution >= 0.6 is 0 Å². The zero-order valence-electron chi connectivity index (χ0n) is 17.3. The summed E-state index contributed by atoms with van der Waals surface area (Å²) in [6.45, 7) is 9.07. The number of anilines is 2. The smallest absolute Gasteiger partial charge is 0.328 e. The Bertz CT molecular complexity index is 1010. The van der Waals surface area contributed by atoms with Crippen LogP contribution in [0.15, 0.2) is 4.79 Å². The zero-order chi connectivity index (χ0) is 21.0. The SMILES string of the molecule is CC#CCn1c(N2CCNCC2)nc2nc(N[C@H](C)C(=O)OCC)n(C)c(=O)c21. The van der Waals surface area contributed by atoms with Crippen molar-refractivity contribution in [3.63, 3.8) is 0 Å². The van der Waals surface area contributed by atoms with Crippen molar-refractivity contribution in [3.8, 4) is 11.8 Å². The maximum Gasteiger partial charge on any atom is 0.328 e. The van der Waals surface area contributed by atoms with E-state index >= 15 is 0 Å². The van der Waals surface area contributed by atoms with E-state index < -0.39 is 12.0 Å². The molecule has 1 atom stereocenters. The van der Waals surface area contributed by atoms with Gasteiger partial charge in [-0.3, -0.25) is 13.9 Å². The lowest BCUT2D eigenvalue weighted by Crippen LogP contribution is -2.44. The first-order chi connectivity index (χ1) is 14.0. The van der Waals surface area contributed by atoms with Crippen molar-refractivity contribution < 1.29 is 9.53 Å². The van der Waals surface area contributed by atoms with Gasteiger partial charge in [0.2, 0.25) is 11.9 Å². The molecule has 1 aliphatic rings. The monoisotopic (exact) mass is 401 g/mol. The number of rotatable bonds is 6. The molecule has 2 aromatic rings. The molecule has 1 fully saturated rings. The fraction of sp³-hybridized carbons (Fsp3) is 0.579. The molecule has 0 unspecified atom stereocenters. The molecule has 1 saturated heterocycles. The third-order valence-corrected chi connectivity index (χ3v) is 4.77. The second-order valence-corrected chi connectivity index (χ2v) is 6.75. The molecule has 3 rings (SSSR count). The Morgan fingerprint density at radius 2 is 2.07 bits per heavy atom. The van der Waals surface area contributed by atoms with Crippen molar-refractivity contribution in [2.24, 2.45) is 7.05 Å². The van der Waals surface area contributed by atoms with Crippen molar-refractivity contribution in [2.45, 2.75) is 33.4 Å². The number of esters is 1. The molecule has 156 valence electrons. The van der Waals surface area contributed by atoms with Crippen LogP contribution in [0.5, 0.6) is 0 Å². The first kappa shape index (κ1) is 20.7. The number of fused-ring (bicyclic) bond motifs is 1. The van der Waals surface area contributed by atoms with Gasteiger partial charge in [0, 0.05) is 33.2 Å². The molecule has 2 N–H and O–H groups in total. The zero-order valence-corrected chi connectivity index (χ0v) is 17.3. The summed E-state index contributed by atoms with van der Waals surface area (Å²) in [5.41, 5.74) is 0.483. The summed E-state index contributed by atoms with van der Waals surface area (Å²) >= 11 is 0. The molecule has 0 aromatic carbocycles. The largest absolute Gasteiger partial charge is 0.464 e. The molecule has 0 radical (unpaired) electrons. The number of ether oxygens (including phenoxy) is 1. The van der Waals surface area contributed by atoms with E-state index in [1.165, 1.54) is 4.57 Å². The molecular formula is C19H27N7O3. The summed E-state index contributed by atoms with van der Waals surface area (Å²) in [5.74, 6) is 6.44. The molecule has 0 bridgehead atoms. The minimum atomic E-state index is -0.647. The van der Waals surface area contributed by atoms with E-state index in [0.717, 1.165) is 26.2 Å². The minimum Gasteiger partial charge on any atom is -0.464 e. The van der Waals surface area contributed by atoms with E-state index in [4.69, 9.17) is 4.74 Å². The van der Waals surface area contributed by atoms with Gasteiger partial charge in [-0.1, -0.05) is 5.92 Å². The van der Waals surface area contributed by atoms with Crippen LogP contribution in [0.1, 0.15) is 20.8 Å². The summed E-state index contributed by atoms with van der Waals surface area (Å²) in [7, 11) is 1.61. The van der Waals surface area contributed by atoms with E-state index in [2.05, 4.69) is 37.3 Å². The molecule has 3 heterocycles. The lowest BCUT2D eigenvalue weighted by Gasteiger charge is -2.28. The maximum atomic E-state index is 13.1. The number of carbonyl (C=O) groups is 1. The Kier molecular flexibility index (Phi) is 6.39. The Morgan fingerprint density at radius 1 is 1.34 bits per heavy atom. The molecule has 10 heteroatoms. The van der Waals surface area contributed by atoms with Crippen molar-refractivity contribution in [2.75, 3.05) is 43.0 Å². The van der Waals surface area contributed by atoms with Crippen LogP contribution in [0.4, 0.5) is 11.9 Å². The Labute approximate surface area is 169 Å². The average molecular weight is 401 g/mol. The number of hydrogen-bond donors (Lipinski definition) is 2. The lowest BCUT2D eigenvalue weighted by atomic mass is 10.3. The average Bonchev–Trinajstić information content (AvgIpc) is 3.09. The van der Waals surface area contributed by atoms with Crippen molar-refractivity contribution in [1.82, 2.24) is 24.4 Å². The molecule has 2 aromatic heterocycles. The molecule has 0 amide bonds. The molecule has 0 spiro atoms. The lowest BCUT2D eigenvalue weighted by molar-refractivity contribution is -0.143. The number of carbonyl (C=O) groups excluding carboxylic acids is 1. The van der Waals surface area contributed by atoms with Crippen LogP contribution in [-0.4, -0.2) is 63.9 Å². The summed E-state index contributed by atoms with van der Waals surface area (Å²) in [6, 6.07) is -0.647. The van der Waals surface area contributed by atoms with Gasteiger partial charge in [-0.25, -0.2) is 4.79 Å². The fourth-order valence-corrected chi connectivity index (χ4v) is 3.21. The number of nitrogens with zero attached hydrogens (tertiary/aromatic N) is 5. The van der Waals surface area contributed by atoms with Crippen LogP contribution in [0.2, 0.25) is 0 Å². The van der Waals surface area contributed by atoms with Crippen molar-refractivity contribution >= 4 is 29.0 Å². The van der Waals surface area contributed by atoms with Crippen LogP contribution in [0.3, 0.4) is 0 Å². The van der Waals surface area contributed by atoms with Gasteiger partial charge in [0.25, 0.3) is 5.56 Å². The predicted molar refractivity (Wildman–Crippen MR) is 111 cm³/mol. The van der Waals surface area contributed by atoms with E-state index in [-0.39, 0.29) is 18.1 Å². The molecule has 0 aliphatic carbocycles. The van der Waals surface area contributed by atoms with Crippen LogP contribution < -0.4 is 21.1 Å². The number of nitrogens with one attached hydrogen (secondary N) is 2. The Hall–Kier alpha value is -3.06. The highest BCUT2D eigenvalue weighted by molar-refractivity contribution is 5.79. The van der Waals surface area contributed by atoms with Crippen LogP contribution in [-0.2, 0) is 23.1 Å². The standard InChI is InChI=1S/C19H27N7O3/c1-5-7-10-26-14-15(23-19(26)25-11-8-20-9-12-25)22-18(24(4)16(14)27)21-13(3)17(28)29-6-2/h13,20H,6,8-12H2,1-4H3,(H,21,22)/t13-/m1/s1. The number of imidazole rings is 1. The number of piperazine rings is 1. The van der Waals surface area contributed by atoms with Crippen molar-refractivity contribution in [1.29, 1.82) is 0 Å². The second kappa shape index (κ2) is 8.96. The van der Waals surface area contributed by atoms with E-state index in [0.29, 0.717) is 23.7 Å². The summed E-state index contributed by atoms with van der Waals surface area (Å²) < 4.78 is 8.23. The number of hydrogen-bond acceptors (Lipinski definition) is 8.